The predicted octanol–water partition coefficient (Wildman–Crippen LogP) is 2.17. The molecule has 0 saturated carbocycles. The van der Waals surface area contributed by atoms with Crippen LogP contribution in [0.1, 0.15) is 40.0 Å². The fourth-order valence-electron chi connectivity index (χ4n) is 3.17. The fourth-order valence-corrected chi connectivity index (χ4v) is 3.83. The highest BCUT2D eigenvalue weighted by atomic mass is 32.1. The normalized spacial score (nSPS) is 15.8. The smallest absolute Gasteiger partial charge is 0.270 e. The molecule has 0 fully saturated rings. The lowest BCUT2D eigenvalue weighted by Crippen LogP contribution is -2.45. The second-order valence-corrected chi connectivity index (χ2v) is 7.03. The van der Waals surface area contributed by atoms with Crippen molar-refractivity contribution in [2.24, 2.45) is 5.73 Å². The van der Waals surface area contributed by atoms with Crippen molar-refractivity contribution < 1.29 is 4.79 Å². The summed E-state index contributed by atoms with van der Waals surface area (Å²) in [6, 6.07) is 8.97. The number of fused-ring (bicyclic) bond motifs is 1. The molecule has 0 aliphatic carbocycles. The molecule has 3 rings (SSSR count). The molecule has 1 unspecified atom stereocenters. The van der Waals surface area contributed by atoms with Crippen LogP contribution in [0.4, 0.5) is 0 Å². The molecule has 24 heavy (non-hydrogen) atoms. The summed E-state index contributed by atoms with van der Waals surface area (Å²) in [6.45, 7) is 5.19. The third-order valence-corrected chi connectivity index (χ3v) is 5.48. The van der Waals surface area contributed by atoms with Gasteiger partial charge in [-0.25, -0.2) is 4.98 Å². The Balaban J connectivity index is 1.58. The van der Waals surface area contributed by atoms with Crippen molar-refractivity contribution in [1.29, 1.82) is 0 Å². The number of benzene rings is 1. The van der Waals surface area contributed by atoms with Crippen LogP contribution in [0.5, 0.6) is 0 Å². The molecule has 1 aliphatic rings. The molecule has 1 aromatic heterocycles. The molecule has 0 spiro atoms. The van der Waals surface area contributed by atoms with E-state index in [1.807, 2.05) is 0 Å². The number of carbonyl (C=O) groups is 1. The van der Waals surface area contributed by atoms with Crippen LogP contribution in [0, 0.1) is 0 Å². The molecule has 128 valence electrons. The first-order chi connectivity index (χ1) is 11.7. The van der Waals surface area contributed by atoms with Crippen molar-refractivity contribution in [2.75, 3.05) is 13.1 Å². The Morgan fingerprint density at radius 2 is 2.21 bits per heavy atom. The van der Waals surface area contributed by atoms with Gasteiger partial charge in [-0.3, -0.25) is 9.69 Å². The van der Waals surface area contributed by atoms with Crippen LogP contribution in [0.15, 0.2) is 29.6 Å². The predicted molar refractivity (Wildman–Crippen MR) is 97.0 cm³/mol. The zero-order valence-corrected chi connectivity index (χ0v) is 14.8. The highest BCUT2D eigenvalue weighted by Crippen LogP contribution is 2.21. The summed E-state index contributed by atoms with van der Waals surface area (Å²) in [7, 11) is 0. The number of thiazole rings is 1. The van der Waals surface area contributed by atoms with Crippen molar-refractivity contribution in [1.82, 2.24) is 15.2 Å². The summed E-state index contributed by atoms with van der Waals surface area (Å²) < 4.78 is 0. The maximum absolute atomic E-state index is 12.2. The lowest BCUT2D eigenvalue weighted by Gasteiger charge is -2.35. The molecule has 2 aromatic rings. The maximum Gasteiger partial charge on any atom is 0.270 e. The lowest BCUT2D eigenvalue weighted by atomic mass is 9.98. The number of nitrogens with two attached hydrogens (primary N) is 1. The van der Waals surface area contributed by atoms with Crippen molar-refractivity contribution >= 4 is 17.2 Å². The first kappa shape index (κ1) is 17.1. The number of carbonyl (C=O) groups excluding carboxylic acids is 1. The van der Waals surface area contributed by atoms with E-state index in [1.165, 1.54) is 22.5 Å². The minimum Gasteiger partial charge on any atom is -0.349 e. The highest BCUT2D eigenvalue weighted by Gasteiger charge is 2.23. The van der Waals surface area contributed by atoms with E-state index in [4.69, 9.17) is 5.73 Å². The Bertz CT molecular complexity index is 700. The zero-order valence-electron chi connectivity index (χ0n) is 14.0. The number of amides is 1. The molecule has 1 aromatic carbocycles. The summed E-state index contributed by atoms with van der Waals surface area (Å²) in [6.07, 6.45) is 2.08. The molecule has 1 atom stereocenters. The number of aromatic nitrogens is 1. The van der Waals surface area contributed by atoms with Gasteiger partial charge >= 0.3 is 0 Å². The second-order valence-electron chi connectivity index (χ2n) is 6.09. The van der Waals surface area contributed by atoms with Crippen molar-refractivity contribution in [3.8, 4) is 0 Å². The van der Waals surface area contributed by atoms with E-state index in [0.717, 1.165) is 30.9 Å². The van der Waals surface area contributed by atoms with E-state index in [-0.39, 0.29) is 5.91 Å². The largest absolute Gasteiger partial charge is 0.349 e. The van der Waals surface area contributed by atoms with Gasteiger partial charge in [-0.2, -0.15) is 0 Å². The van der Waals surface area contributed by atoms with E-state index in [2.05, 4.69) is 46.4 Å². The van der Waals surface area contributed by atoms with Crippen LogP contribution < -0.4 is 11.1 Å². The Labute approximate surface area is 146 Å². The van der Waals surface area contributed by atoms with Gasteiger partial charge < -0.3 is 11.1 Å². The average Bonchev–Trinajstić information content (AvgIpc) is 3.11. The molecule has 3 N–H and O–H groups in total. The van der Waals surface area contributed by atoms with E-state index in [9.17, 15) is 4.79 Å². The lowest BCUT2D eigenvalue weighted by molar-refractivity contribution is 0.0922. The van der Waals surface area contributed by atoms with Gasteiger partial charge in [-0.1, -0.05) is 31.2 Å². The van der Waals surface area contributed by atoms with Crippen molar-refractivity contribution in [3.05, 3.63) is 51.5 Å². The van der Waals surface area contributed by atoms with Gasteiger partial charge in [0.2, 0.25) is 0 Å². The number of nitrogens with zero attached hydrogens (tertiary/aromatic N) is 2. The van der Waals surface area contributed by atoms with E-state index in [1.54, 1.807) is 5.38 Å². The topological polar surface area (TPSA) is 71.2 Å². The van der Waals surface area contributed by atoms with E-state index >= 15 is 0 Å². The SMILES string of the molecule is CCC(CNC(=O)c1csc(CN)n1)N1CCc2ccccc2C1. The third kappa shape index (κ3) is 3.83. The Kier molecular flexibility index (Phi) is 5.60. The molecule has 2 heterocycles. The highest BCUT2D eigenvalue weighted by molar-refractivity contribution is 7.09. The van der Waals surface area contributed by atoms with Crippen molar-refractivity contribution in [2.45, 2.75) is 38.9 Å². The molecule has 5 nitrogen and oxygen atoms in total. The first-order valence-corrected chi connectivity index (χ1v) is 9.32. The van der Waals surface area contributed by atoms with Crippen LogP contribution >= 0.6 is 11.3 Å². The van der Waals surface area contributed by atoms with Gasteiger partial charge in [-0.15, -0.1) is 11.3 Å². The van der Waals surface area contributed by atoms with Crippen LogP contribution in [0.2, 0.25) is 0 Å². The van der Waals surface area contributed by atoms with Crippen LogP contribution in [0.3, 0.4) is 0 Å². The zero-order chi connectivity index (χ0) is 16.9. The summed E-state index contributed by atoms with van der Waals surface area (Å²) in [5.74, 6) is -0.109. The number of hydrogen-bond acceptors (Lipinski definition) is 5. The maximum atomic E-state index is 12.2. The van der Waals surface area contributed by atoms with Crippen molar-refractivity contribution in [3.63, 3.8) is 0 Å². The van der Waals surface area contributed by atoms with Crippen LogP contribution in [-0.4, -0.2) is 34.9 Å². The Morgan fingerprint density at radius 1 is 1.42 bits per heavy atom. The van der Waals surface area contributed by atoms with E-state index in [0.29, 0.717) is 24.8 Å². The minimum absolute atomic E-state index is 0.109. The van der Waals surface area contributed by atoms with Gasteiger partial charge in [0.05, 0.1) is 0 Å². The third-order valence-electron chi connectivity index (χ3n) is 4.61. The van der Waals surface area contributed by atoms with Gasteiger partial charge in [-0.05, 0) is 24.0 Å². The number of hydrogen-bond donors (Lipinski definition) is 2. The second kappa shape index (κ2) is 7.88. The Morgan fingerprint density at radius 3 is 2.92 bits per heavy atom. The Hall–Kier alpha value is -1.76. The quantitative estimate of drug-likeness (QED) is 0.842. The van der Waals surface area contributed by atoms with Crippen LogP contribution in [-0.2, 0) is 19.5 Å². The fraction of sp³-hybridized carbons (Fsp3) is 0.444. The first-order valence-electron chi connectivity index (χ1n) is 8.44. The van der Waals surface area contributed by atoms with Gasteiger partial charge in [0.1, 0.15) is 10.7 Å². The number of nitrogens with one attached hydrogen (secondary N) is 1. The average molecular weight is 344 g/mol. The summed E-state index contributed by atoms with van der Waals surface area (Å²) in [5, 5.41) is 5.60. The van der Waals surface area contributed by atoms with Gasteiger partial charge in [0, 0.05) is 37.6 Å². The molecule has 0 saturated heterocycles. The molecule has 0 radical (unpaired) electrons. The molecule has 6 heteroatoms. The molecular weight excluding hydrogens is 320 g/mol. The standard InChI is InChI=1S/C18H24N4OS/c1-2-15(10-20-18(23)16-12-24-17(9-19)21-16)22-8-7-13-5-3-4-6-14(13)11-22/h3-6,12,15H,2,7-11,19H2,1H3,(H,20,23). The van der Waals surface area contributed by atoms with E-state index < -0.39 is 0 Å². The number of rotatable bonds is 6. The van der Waals surface area contributed by atoms with Gasteiger partial charge in [0.25, 0.3) is 5.91 Å². The van der Waals surface area contributed by atoms with Crippen LogP contribution in [0.25, 0.3) is 0 Å². The molecule has 1 amide bonds. The molecule has 0 bridgehead atoms. The van der Waals surface area contributed by atoms with Gasteiger partial charge in [0.15, 0.2) is 0 Å². The summed E-state index contributed by atoms with van der Waals surface area (Å²) in [4.78, 5) is 19.0. The summed E-state index contributed by atoms with van der Waals surface area (Å²) in [5.41, 5.74) is 8.88. The summed E-state index contributed by atoms with van der Waals surface area (Å²) >= 11 is 1.43. The molecular formula is C18H24N4OS. The minimum atomic E-state index is -0.109. The molecule has 1 aliphatic heterocycles. The monoisotopic (exact) mass is 344 g/mol.